The Morgan fingerprint density at radius 1 is 1.37 bits per heavy atom. The summed E-state index contributed by atoms with van der Waals surface area (Å²) >= 11 is 0. The summed E-state index contributed by atoms with van der Waals surface area (Å²) in [7, 11) is 0. The predicted octanol–water partition coefficient (Wildman–Crippen LogP) is 2.56. The Morgan fingerprint density at radius 2 is 2.16 bits per heavy atom. The van der Waals surface area contributed by atoms with Gasteiger partial charge in [-0.25, -0.2) is 0 Å². The maximum Gasteiger partial charge on any atom is 0.257 e. The molecule has 0 aromatic carbocycles. The van der Waals surface area contributed by atoms with Crippen LogP contribution in [0.25, 0.3) is 0 Å². The number of rotatable bonds is 3. The summed E-state index contributed by atoms with van der Waals surface area (Å²) < 4.78 is 5.26. The summed E-state index contributed by atoms with van der Waals surface area (Å²) in [6.07, 6.45) is 7.74. The fourth-order valence-corrected chi connectivity index (χ4v) is 3.13. The van der Waals surface area contributed by atoms with Gasteiger partial charge in [0.1, 0.15) is 12.0 Å². The zero-order chi connectivity index (χ0) is 12.5. The number of carbonyl (C=O) groups is 1. The van der Waals surface area contributed by atoms with Crippen LogP contribution in [0.15, 0.2) is 16.7 Å². The van der Waals surface area contributed by atoms with Crippen LogP contribution in [-0.4, -0.2) is 23.4 Å². The van der Waals surface area contributed by atoms with Crippen molar-refractivity contribution in [2.24, 2.45) is 11.7 Å². The molecular formula is C14H21ClN2O2. The van der Waals surface area contributed by atoms with Crippen molar-refractivity contribution in [1.29, 1.82) is 0 Å². The maximum absolute atomic E-state index is 12.5. The van der Waals surface area contributed by atoms with E-state index in [1.807, 2.05) is 0 Å². The molecule has 1 unspecified atom stereocenters. The van der Waals surface area contributed by atoms with Crippen LogP contribution in [0.3, 0.4) is 0 Å². The minimum atomic E-state index is 0. The zero-order valence-corrected chi connectivity index (χ0v) is 11.8. The van der Waals surface area contributed by atoms with Crippen LogP contribution < -0.4 is 5.73 Å². The van der Waals surface area contributed by atoms with E-state index in [1.54, 1.807) is 12.3 Å². The van der Waals surface area contributed by atoms with Crippen LogP contribution in [0.4, 0.5) is 0 Å². The second-order valence-corrected chi connectivity index (χ2v) is 5.40. The number of furan rings is 1. The van der Waals surface area contributed by atoms with Crippen LogP contribution in [0, 0.1) is 5.92 Å². The summed E-state index contributed by atoms with van der Waals surface area (Å²) in [5.74, 6) is 1.53. The van der Waals surface area contributed by atoms with Crippen molar-refractivity contribution in [1.82, 2.24) is 4.90 Å². The van der Waals surface area contributed by atoms with Gasteiger partial charge in [-0.1, -0.05) is 6.42 Å². The highest BCUT2D eigenvalue weighted by molar-refractivity contribution is 5.94. The molecule has 1 aliphatic heterocycles. The van der Waals surface area contributed by atoms with E-state index in [0.717, 1.165) is 25.3 Å². The van der Waals surface area contributed by atoms with Gasteiger partial charge in [0.05, 0.1) is 12.1 Å². The summed E-state index contributed by atoms with van der Waals surface area (Å²) in [6, 6.07) is 2.24. The van der Waals surface area contributed by atoms with Crippen molar-refractivity contribution >= 4 is 18.3 Å². The lowest BCUT2D eigenvalue weighted by molar-refractivity contribution is 0.0625. The van der Waals surface area contributed by atoms with Gasteiger partial charge >= 0.3 is 0 Å². The normalized spacial score (nSPS) is 23.0. The van der Waals surface area contributed by atoms with E-state index in [1.165, 1.54) is 19.3 Å². The molecule has 0 radical (unpaired) electrons. The second-order valence-electron chi connectivity index (χ2n) is 5.40. The van der Waals surface area contributed by atoms with Crippen molar-refractivity contribution in [3.8, 4) is 0 Å². The van der Waals surface area contributed by atoms with Gasteiger partial charge in [0.15, 0.2) is 0 Å². The highest BCUT2D eigenvalue weighted by Crippen LogP contribution is 2.37. The number of hydrogen-bond donors (Lipinski definition) is 1. The first-order chi connectivity index (χ1) is 8.79. The molecular weight excluding hydrogens is 264 g/mol. The third-order valence-electron chi connectivity index (χ3n) is 4.36. The minimum Gasteiger partial charge on any atom is -0.467 e. The van der Waals surface area contributed by atoms with Crippen LogP contribution in [0.2, 0.25) is 0 Å². The van der Waals surface area contributed by atoms with Crippen molar-refractivity contribution in [3.05, 3.63) is 23.7 Å². The molecule has 0 spiro atoms. The fraction of sp³-hybridized carbons (Fsp3) is 0.643. The average molecular weight is 285 g/mol. The predicted molar refractivity (Wildman–Crippen MR) is 75.2 cm³/mol. The van der Waals surface area contributed by atoms with Crippen LogP contribution in [0.1, 0.15) is 48.2 Å². The first-order valence-electron chi connectivity index (χ1n) is 6.88. The van der Waals surface area contributed by atoms with Crippen molar-refractivity contribution in [3.63, 3.8) is 0 Å². The number of nitrogens with two attached hydrogens (primary N) is 1. The van der Waals surface area contributed by atoms with E-state index in [2.05, 4.69) is 4.90 Å². The highest BCUT2D eigenvalue weighted by atomic mass is 35.5. The molecule has 4 nitrogen and oxygen atoms in total. The Labute approximate surface area is 119 Å². The second kappa shape index (κ2) is 5.97. The quantitative estimate of drug-likeness (QED) is 0.928. The monoisotopic (exact) mass is 284 g/mol. The number of hydrogen-bond acceptors (Lipinski definition) is 3. The van der Waals surface area contributed by atoms with Gasteiger partial charge in [0, 0.05) is 12.6 Å². The molecule has 1 aromatic heterocycles. The Kier molecular flexibility index (Phi) is 4.53. The van der Waals surface area contributed by atoms with Crippen LogP contribution in [-0.2, 0) is 6.54 Å². The van der Waals surface area contributed by atoms with Gasteiger partial charge in [-0.3, -0.25) is 4.79 Å². The van der Waals surface area contributed by atoms with E-state index in [9.17, 15) is 4.79 Å². The Balaban J connectivity index is 0.00000133. The topological polar surface area (TPSA) is 59.5 Å². The van der Waals surface area contributed by atoms with Gasteiger partial charge in [-0.05, 0) is 37.7 Å². The lowest BCUT2D eigenvalue weighted by atomic mass is 9.78. The Bertz CT molecular complexity index is 442. The zero-order valence-electron chi connectivity index (χ0n) is 11.0. The van der Waals surface area contributed by atoms with E-state index >= 15 is 0 Å². The van der Waals surface area contributed by atoms with E-state index < -0.39 is 0 Å². The molecule has 0 bridgehead atoms. The van der Waals surface area contributed by atoms with Gasteiger partial charge in [0.25, 0.3) is 5.91 Å². The van der Waals surface area contributed by atoms with E-state index in [0.29, 0.717) is 23.9 Å². The number of likely N-dealkylation sites (tertiary alicyclic amines) is 1. The van der Waals surface area contributed by atoms with Crippen molar-refractivity contribution < 1.29 is 9.21 Å². The largest absolute Gasteiger partial charge is 0.467 e. The standard InChI is InChI=1S/C14H20N2O2.ClH/c15-8-12-7-11(9-18-12)14(17)16-6-2-5-13(16)10-3-1-4-10;/h7,9-10,13H,1-6,8,15H2;1H. The molecule has 1 aromatic rings. The summed E-state index contributed by atoms with van der Waals surface area (Å²) in [6.45, 7) is 1.24. The van der Waals surface area contributed by atoms with Gasteiger partial charge in [-0.2, -0.15) is 0 Å². The summed E-state index contributed by atoms with van der Waals surface area (Å²) in [5.41, 5.74) is 6.16. The van der Waals surface area contributed by atoms with Gasteiger partial charge in [-0.15, -0.1) is 12.4 Å². The third-order valence-corrected chi connectivity index (χ3v) is 4.36. The lowest BCUT2D eigenvalue weighted by Gasteiger charge is -2.36. The summed E-state index contributed by atoms with van der Waals surface area (Å²) in [5, 5.41) is 0. The van der Waals surface area contributed by atoms with E-state index in [4.69, 9.17) is 10.2 Å². The maximum atomic E-state index is 12.5. The first kappa shape index (κ1) is 14.4. The molecule has 1 saturated carbocycles. The molecule has 19 heavy (non-hydrogen) atoms. The van der Waals surface area contributed by atoms with Crippen molar-refractivity contribution in [2.75, 3.05) is 6.54 Å². The lowest BCUT2D eigenvalue weighted by Crippen LogP contribution is -2.42. The molecule has 2 aliphatic rings. The minimum absolute atomic E-state index is 0. The molecule has 5 heteroatoms. The van der Waals surface area contributed by atoms with Gasteiger partial charge < -0.3 is 15.1 Å². The average Bonchev–Trinajstić information content (AvgIpc) is 2.94. The number of carbonyl (C=O) groups excluding carboxylic acids is 1. The van der Waals surface area contributed by atoms with Crippen molar-refractivity contribution in [2.45, 2.75) is 44.7 Å². The highest BCUT2D eigenvalue weighted by Gasteiger charge is 2.37. The Morgan fingerprint density at radius 3 is 2.74 bits per heavy atom. The molecule has 1 saturated heterocycles. The van der Waals surface area contributed by atoms with Crippen LogP contribution >= 0.6 is 12.4 Å². The van der Waals surface area contributed by atoms with E-state index in [-0.39, 0.29) is 18.3 Å². The Hall–Kier alpha value is -1.00. The summed E-state index contributed by atoms with van der Waals surface area (Å²) in [4.78, 5) is 14.5. The smallest absolute Gasteiger partial charge is 0.257 e. The first-order valence-corrected chi connectivity index (χ1v) is 6.88. The number of amides is 1. The number of halogens is 1. The third kappa shape index (κ3) is 2.65. The molecule has 3 rings (SSSR count). The molecule has 2 N–H and O–H groups in total. The molecule has 2 fully saturated rings. The molecule has 1 aliphatic carbocycles. The molecule has 1 atom stereocenters. The fourth-order valence-electron chi connectivity index (χ4n) is 3.13. The molecule has 106 valence electrons. The van der Waals surface area contributed by atoms with Gasteiger partial charge in [0.2, 0.25) is 0 Å². The SMILES string of the molecule is Cl.NCc1cc(C(=O)N2CCCC2C2CCC2)co1. The molecule has 1 amide bonds. The number of nitrogens with zero attached hydrogens (tertiary/aromatic N) is 1. The molecule has 2 heterocycles. The van der Waals surface area contributed by atoms with Crippen LogP contribution in [0.5, 0.6) is 0 Å².